The van der Waals surface area contributed by atoms with Gasteiger partial charge in [-0.1, -0.05) is 6.92 Å². The summed E-state index contributed by atoms with van der Waals surface area (Å²) in [4.78, 5) is 0. The number of nitrogens with two attached hydrogens (primary N) is 1. The van der Waals surface area contributed by atoms with Crippen molar-refractivity contribution < 1.29 is 13.9 Å². The summed E-state index contributed by atoms with van der Waals surface area (Å²) < 4.78 is 25.8. The lowest BCUT2D eigenvalue weighted by Crippen LogP contribution is -2.32. The second-order valence-corrected chi connectivity index (χ2v) is 3.55. The van der Waals surface area contributed by atoms with E-state index in [2.05, 4.69) is 0 Å². The number of benzene rings is 1. The van der Waals surface area contributed by atoms with Crippen LogP contribution in [0.3, 0.4) is 0 Å². The molecule has 0 saturated carbocycles. The summed E-state index contributed by atoms with van der Waals surface area (Å²) in [6.45, 7) is 3.39. The Morgan fingerprint density at radius 2 is 2.00 bits per heavy atom. The number of hydrogen-bond acceptors (Lipinski definition) is 2. The van der Waals surface area contributed by atoms with Crippen molar-refractivity contribution in [3.8, 4) is 5.75 Å². The van der Waals surface area contributed by atoms with Crippen molar-refractivity contribution in [2.75, 3.05) is 0 Å². The van der Waals surface area contributed by atoms with Crippen LogP contribution in [-0.2, 0) is 5.54 Å². The molecule has 0 aliphatic carbocycles. The number of halogens is 2. The van der Waals surface area contributed by atoms with Crippen molar-refractivity contribution in [1.29, 1.82) is 0 Å². The summed E-state index contributed by atoms with van der Waals surface area (Å²) in [7, 11) is 0. The molecule has 14 heavy (non-hydrogen) atoms. The minimum absolute atomic E-state index is 0.0949. The van der Waals surface area contributed by atoms with E-state index in [0.717, 1.165) is 6.07 Å². The molecule has 0 aromatic heterocycles. The highest BCUT2D eigenvalue weighted by molar-refractivity contribution is 5.39. The van der Waals surface area contributed by atoms with Crippen LogP contribution in [0.15, 0.2) is 12.1 Å². The highest BCUT2D eigenvalue weighted by Crippen LogP contribution is 2.32. The van der Waals surface area contributed by atoms with Gasteiger partial charge in [0.2, 0.25) is 0 Å². The third kappa shape index (κ3) is 1.85. The molecule has 0 aliphatic heterocycles. The molecule has 1 aromatic rings. The van der Waals surface area contributed by atoms with Gasteiger partial charge in [0, 0.05) is 17.2 Å². The summed E-state index contributed by atoms with van der Waals surface area (Å²) in [5.74, 6) is -2.29. The number of phenolic OH excluding ortho intramolecular Hbond substituents is 1. The molecule has 0 radical (unpaired) electrons. The van der Waals surface area contributed by atoms with Gasteiger partial charge in [-0.15, -0.1) is 0 Å². The lowest BCUT2D eigenvalue weighted by Gasteiger charge is -2.24. The predicted octanol–water partition coefficient (Wildman–Crippen LogP) is 2.25. The lowest BCUT2D eigenvalue weighted by molar-refractivity contribution is 0.385. The number of rotatable bonds is 2. The third-order valence-electron chi connectivity index (χ3n) is 2.38. The van der Waals surface area contributed by atoms with Crippen LogP contribution >= 0.6 is 0 Å². The van der Waals surface area contributed by atoms with E-state index >= 15 is 0 Å². The molecule has 78 valence electrons. The highest BCUT2D eigenvalue weighted by Gasteiger charge is 2.25. The fraction of sp³-hybridized carbons (Fsp3) is 0.400. The Morgan fingerprint density at radius 3 is 2.50 bits per heavy atom. The first-order valence-electron chi connectivity index (χ1n) is 4.36. The van der Waals surface area contributed by atoms with E-state index in [9.17, 15) is 13.9 Å². The standard InChI is InChI=1S/C10H13F2NO/c1-3-10(2,13)7-4-6(11)5-8(12)9(7)14/h4-5,14H,3,13H2,1-2H3/t10-/m0/s1. The smallest absolute Gasteiger partial charge is 0.168 e. The fourth-order valence-electron chi connectivity index (χ4n) is 1.19. The van der Waals surface area contributed by atoms with E-state index in [0.29, 0.717) is 12.5 Å². The maximum atomic E-state index is 13.0. The molecule has 0 fully saturated rings. The van der Waals surface area contributed by atoms with Crippen LogP contribution in [0.1, 0.15) is 25.8 Å². The molecule has 0 bridgehead atoms. The number of aromatic hydroxyl groups is 1. The van der Waals surface area contributed by atoms with Gasteiger partial charge in [-0.3, -0.25) is 0 Å². The van der Waals surface area contributed by atoms with Crippen LogP contribution in [0, 0.1) is 11.6 Å². The quantitative estimate of drug-likeness (QED) is 0.770. The van der Waals surface area contributed by atoms with Crippen molar-refractivity contribution in [2.45, 2.75) is 25.8 Å². The van der Waals surface area contributed by atoms with Crippen LogP contribution in [0.2, 0.25) is 0 Å². The zero-order valence-corrected chi connectivity index (χ0v) is 8.14. The SMILES string of the molecule is CC[C@](C)(N)c1cc(F)cc(F)c1O. The lowest BCUT2D eigenvalue weighted by atomic mass is 9.89. The normalized spacial score (nSPS) is 15.2. The van der Waals surface area contributed by atoms with Gasteiger partial charge >= 0.3 is 0 Å². The predicted molar refractivity (Wildman–Crippen MR) is 49.9 cm³/mol. The van der Waals surface area contributed by atoms with Gasteiger partial charge in [0.25, 0.3) is 0 Å². The molecule has 3 N–H and O–H groups in total. The summed E-state index contributed by atoms with van der Waals surface area (Å²) in [5.41, 5.74) is 4.95. The molecule has 0 aliphatic rings. The maximum absolute atomic E-state index is 13.0. The van der Waals surface area contributed by atoms with Gasteiger partial charge in [-0.25, -0.2) is 8.78 Å². The van der Waals surface area contributed by atoms with E-state index in [4.69, 9.17) is 5.73 Å². The van der Waals surface area contributed by atoms with Crippen molar-refractivity contribution in [1.82, 2.24) is 0 Å². The molecule has 0 unspecified atom stereocenters. The fourth-order valence-corrected chi connectivity index (χ4v) is 1.19. The molecule has 2 nitrogen and oxygen atoms in total. The van der Waals surface area contributed by atoms with Gasteiger partial charge in [-0.2, -0.15) is 0 Å². The minimum Gasteiger partial charge on any atom is -0.505 e. The summed E-state index contributed by atoms with van der Waals surface area (Å²) >= 11 is 0. The van der Waals surface area contributed by atoms with Gasteiger partial charge < -0.3 is 10.8 Å². The van der Waals surface area contributed by atoms with Gasteiger partial charge in [0.15, 0.2) is 11.6 Å². The Hall–Kier alpha value is -1.16. The molecule has 4 heteroatoms. The largest absolute Gasteiger partial charge is 0.505 e. The Bertz CT molecular complexity index is 350. The third-order valence-corrected chi connectivity index (χ3v) is 2.38. The van der Waals surface area contributed by atoms with Crippen molar-refractivity contribution in [3.05, 3.63) is 29.3 Å². The van der Waals surface area contributed by atoms with E-state index < -0.39 is 22.9 Å². The second kappa shape index (κ2) is 3.53. The number of hydrogen-bond donors (Lipinski definition) is 2. The maximum Gasteiger partial charge on any atom is 0.168 e. The Morgan fingerprint density at radius 1 is 1.43 bits per heavy atom. The minimum atomic E-state index is -0.981. The average molecular weight is 201 g/mol. The van der Waals surface area contributed by atoms with E-state index in [1.54, 1.807) is 13.8 Å². The van der Waals surface area contributed by atoms with Crippen LogP contribution in [0.4, 0.5) is 8.78 Å². The van der Waals surface area contributed by atoms with Crippen molar-refractivity contribution in [2.24, 2.45) is 5.73 Å². The molecule has 1 aromatic carbocycles. The zero-order valence-electron chi connectivity index (χ0n) is 8.14. The van der Waals surface area contributed by atoms with Crippen molar-refractivity contribution >= 4 is 0 Å². The first-order chi connectivity index (χ1) is 6.38. The van der Waals surface area contributed by atoms with Crippen molar-refractivity contribution in [3.63, 3.8) is 0 Å². The molecule has 0 saturated heterocycles. The summed E-state index contributed by atoms with van der Waals surface area (Å²) in [5, 5.41) is 9.37. The van der Waals surface area contributed by atoms with Crippen LogP contribution in [-0.4, -0.2) is 5.11 Å². The van der Waals surface area contributed by atoms with Gasteiger partial charge in [0.05, 0.1) is 0 Å². The molecular weight excluding hydrogens is 188 g/mol. The Balaban J connectivity index is 3.34. The Labute approximate surface area is 81.4 Å². The van der Waals surface area contributed by atoms with E-state index in [-0.39, 0.29) is 5.56 Å². The molecule has 1 rings (SSSR count). The van der Waals surface area contributed by atoms with Gasteiger partial charge in [-0.05, 0) is 19.4 Å². The first-order valence-corrected chi connectivity index (χ1v) is 4.36. The monoisotopic (exact) mass is 201 g/mol. The molecular formula is C10H13F2NO. The highest BCUT2D eigenvalue weighted by atomic mass is 19.1. The summed E-state index contributed by atoms with van der Waals surface area (Å²) in [6.07, 6.45) is 0.476. The topological polar surface area (TPSA) is 46.2 Å². The molecule has 1 atom stereocenters. The van der Waals surface area contributed by atoms with Gasteiger partial charge in [0.1, 0.15) is 5.82 Å². The number of phenols is 1. The molecule has 0 heterocycles. The van der Waals surface area contributed by atoms with E-state index in [1.165, 1.54) is 0 Å². The van der Waals surface area contributed by atoms with Crippen LogP contribution in [0.25, 0.3) is 0 Å². The van der Waals surface area contributed by atoms with E-state index in [1.807, 2.05) is 0 Å². The summed E-state index contributed by atoms with van der Waals surface area (Å²) in [6, 6.07) is 1.69. The first kappa shape index (κ1) is 10.9. The Kier molecular flexibility index (Phi) is 2.76. The molecule has 0 spiro atoms. The molecule has 0 amide bonds. The average Bonchev–Trinajstić information content (AvgIpc) is 2.11. The van der Waals surface area contributed by atoms with Crippen LogP contribution < -0.4 is 5.73 Å². The zero-order chi connectivity index (χ0) is 10.9. The second-order valence-electron chi connectivity index (χ2n) is 3.55. The van der Waals surface area contributed by atoms with Crippen LogP contribution in [0.5, 0.6) is 5.75 Å².